The smallest absolute Gasteiger partial charge is 0.162 e. The van der Waals surface area contributed by atoms with Crippen molar-refractivity contribution in [2.45, 2.75) is 0 Å². The van der Waals surface area contributed by atoms with Gasteiger partial charge in [0.25, 0.3) is 0 Å². The maximum Gasteiger partial charge on any atom is 0.162 e. The predicted molar refractivity (Wildman–Crippen MR) is 55.4 cm³/mol. The van der Waals surface area contributed by atoms with Crippen LogP contribution in [0.3, 0.4) is 0 Å². The van der Waals surface area contributed by atoms with Crippen molar-refractivity contribution in [2.24, 2.45) is 0 Å². The Bertz CT molecular complexity index is 459. The molecule has 0 fully saturated rings. The van der Waals surface area contributed by atoms with Crippen molar-refractivity contribution in [1.82, 2.24) is 0 Å². The molecule has 0 aliphatic rings. The lowest BCUT2D eigenvalue weighted by Gasteiger charge is -2.04. The van der Waals surface area contributed by atoms with E-state index in [1.54, 1.807) is 12.1 Å². The van der Waals surface area contributed by atoms with E-state index in [9.17, 15) is 8.78 Å². The monoisotopic (exact) mass is 224 g/mol. The molecule has 0 spiro atoms. The number of rotatable bonds is 2. The van der Waals surface area contributed by atoms with Crippen LogP contribution >= 0.6 is 8.19 Å². The summed E-state index contributed by atoms with van der Waals surface area (Å²) < 4.78 is 30.8. The van der Waals surface area contributed by atoms with Gasteiger partial charge in [-0.05, 0) is 35.9 Å². The highest BCUT2D eigenvalue weighted by atomic mass is 31.0. The third-order valence-corrected chi connectivity index (χ3v) is 2.42. The van der Waals surface area contributed by atoms with Crippen LogP contribution in [0.15, 0.2) is 41.9 Å². The summed E-state index contributed by atoms with van der Waals surface area (Å²) in [7, 11) is 1.08. The number of hydrogen-bond acceptors (Lipinski definition) is 1. The molecule has 1 aromatic heterocycles. The lowest BCUT2D eigenvalue weighted by molar-refractivity contribution is 0.462. The molecule has 0 aliphatic heterocycles. The summed E-state index contributed by atoms with van der Waals surface area (Å²) in [6.07, 6.45) is 0. The van der Waals surface area contributed by atoms with Gasteiger partial charge in [0, 0.05) is 6.07 Å². The molecule has 1 heterocycles. The van der Waals surface area contributed by atoms with E-state index in [0.29, 0.717) is 5.75 Å². The van der Waals surface area contributed by atoms with E-state index in [2.05, 4.69) is 0 Å². The maximum atomic E-state index is 12.8. The Hall–Kier alpha value is -1.47. The van der Waals surface area contributed by atoms with Crippen molar-refractivity contribution < 1.29 is 13.5 Å². The molecule has 0 saturated heterocycles. The molecule has 1 aromatic carbocycles. The van der Waals surface area contributed by atoms with Gasteiger partial charge in [-0.3, -0.25) is 0 Å². The molecular formula is C11H7F2OP. The van der Waals surface area contributed by atoms with Gasteiger partial charge in [-0.25, -0.2) is 8.78 Å². The minimum Gasteiger partial charge on any atom is -0.457 e. The van der Waals surface area contributed by atoms with Crippen molar-refractivity contribution in [2.75, 3.05) is 0 Å². The summed E-state index contributed by atoms with van der Waals surface area (Å²) in [6, 6.07) is 7.01. The van der Waals surface area contributed by atoms with E-state index in [0.717, 1.165) is 20.3 Å². The first-order valence-electron chi connectivity index (χ1n) is 4.28. The SMILES string of the molecule is Fc1ccc(Oc2ccpcc2)cc1F. The normalized spacial score (nSPS) is 10.0. The number of halogens is 2. The van der Waals surface area contributed by atoms with Crippen LogP contribution in [0.5, 0.6) is 11.5 Å². The van der Waals surface area contributed by atoms with Crippen LogP contribution in [0.25, 0.3) is 0 Å². The van der Waals surface area contributed by atoms with Crippen molar-refractivity contribution >= 4 is 8.19 Å². The highest BCUT2D eigenvalue weighted by Gasteiger charge is 2.03. The molecule has 0 N–H and O–H groups in total. The van der Waals surface area contributed by atoms with Crippen molar-refractivity contribution in [3.63, 3.8) is 0 Å². The summed E-state index contributed by atoms with van der Waals surface area (Å²) in [4.78, 5) is 0. The molecule has 2 rings (SSSR count). The fourth-order valence-electron chi connectivity index (χ4n) is 1.08. The molecule has 0 saturated carbocycles. The van der Waals surface area contributed by atoms with Crippen LogP contribution in [-0.4, -0.2) is 0 Å². The molecule has 2 aromatic rings. The first-order chi connectivity index (χ1) is 7.25. The summed E-state index contributed by atoms with van der Waals surface area (Å²) in [5.41, 5.74) is 0. The van der Waals surface area contributed by atoms with E-state index in [1.165, 1.54) is 6.07 Å². The van der Waals surface area contributed by atoms with Gasteiger partial charge in [0.2, 0.25) is 0 Å². The Morgan fingerprint density at radius 2 is 1.60 bits per heavy atom. The Balaban J connectivity index is 2.22. The molecule has 4 heteroatoms. The molecule has 0 unspecified atom stereocenters. The largest absolute Gasteiger partial charge is 0.457 e. The highest BCUT2D eigenvalue weighted by Crippen LogP contribution is 2.23. The fourth-order valence-corrected chi connectivity index (χ4v) is 1.65. The number of ether oxygens (including phenoxy) is 1. The Morgan fingerprint density at radius 3 is 2.27 bits per heavy atom. The van der Waals surface area contributed by atoms with Gasteiger partial charge in [-0.15, -0.1) is 0 Å². The average Bonchev–Trinajstić information content (AvgIpc) is 2.25. The molecule has 0 atom stereocenters. The summed E-state index contributed by atoms with van der Waals surface area (Å²) in [5, 5.41) is 0. The molecule has 0 radical (unpaired) electrons. The predicted octanol–water partition coefficient (Wildman–Crippen LogP) is 4.34. The third-order valence-electron chi connectivity index (χ3n) is 1.78. The molecule has 0 amide bonds. The molecule has 15 heavy (non-hydrogen) atoms. The first-order valence-corrected chi connectivity index (χ1v) is 5.32. The summed E-state index contributed by atoms with van der Waals surface area (Å²) >= 11 is 0. The second-order valence-corrected chi connectivity index (χ2v) is 3.76. The maximum absolute atomic E-state index is 12.8. The van der Waals surface area contributed by atoms with Gasteiger partial charge < -0.3 is 4.74 Å². The zero-order chi connectivity index (χ0) is 10.7. The van der Waals surface area contributed by atoms with E-state index in [1.807, 2.05) is 11.6 Å². The minimum atomic E-state index is -0.907. The average molecular weight is 224 g/mol. The second kappa shape index (κ2) is 4.37. The van der Waals surface area contributed by atoms with Crippen LogP contribution < -0.4 is 4.74 Å². The first kappa shape index (κ1) is 10.1. The van der Waals surface area contributed by atoms with Gasteiger partial charge >= 0.3 is 0 Å². The third kappa shape index (κ3) is 2.51. The van der Waals surface area contributed by atoms with Crippen molar-refractivity contribution in [3.8, 4) is 11.5 Å². The number of hydrogen-bond donors (Lipinski definition) is 0. The zero-order valence-corrected chi connectivity index (χ0v) is 8.55. The van der Waals surface area contributed by atoms with Gasteiger partial charge in [0.05, 0.1) is 0 Å². The summed E-state index contributed by atoms with van der Waals surface area (Å²) in [5.74, 6) is 2.91. The topological polar surface area (TPSA) is 9.23 Å². The Labute approximate surface area is 87.4 Å². The van der Waals surface area contributed by atoms with Crippen LogP contribution in [0.4, 0.5) is 8.78 Å². The van der Waals surface area contributed by atoms with Crippen LogP contribution in [0.1, 0.15) is 0 Å². The quantitative estimate of drug-likeness (QED) is 0.737. The molecule has 0 aliphatic carbocycles. The van der Waals surface area contributed by atoms with E-state index in [-0.39, 0.29) is 5.75 Å². The Morgan fingerprint density at radius 1 is 0.867 bits per heavy atom. The summed E-state index contributed by atoms with van der Waals surface area (Å²) in [6.45, 7) is 0. The Kier molecular flexibility index (Phi) is 2.93. The minimum absolute atomic E-state index is 0.289. The molecule has 1 nitrogen and oxygen atoms in total. The highest BCUT2D eigenvalue weighted by molar-refractivity contribution is 7.28. The van der Waals surface area contributed by atoms with Crippen LogP contribution in [0.2, 0.25) is 0 Å². The van der Waals surface area contributed by atoms with Gasteiger partial charge in [-0.1, -0.05) is 8.19 Å². The van der Waals surface area contributed by atoms with Gasteiger partial charge in [-0.2, -0.15) is 0 Å². The fraction of sp³-hybridized carbons (Fsp3) is 0. The van der Waals surface area contributed by atoms with Crippen LogP contribution in [-0.2, 0) is 0 Å². The van der Waals surface area contributed by atoms with Gasteiger partial charge in [0.15, 0.2) is 11.6 Å². The molecule has 0 bridgehead atoms. The standard InChI is InChI=1S/C11H7F2OP/c12-10-2-1-9(7-11(10)13)14-8-3-5-15-6-4-8/h1-7H. The lowest BCUT2D eigenvalue weighted by Crippen LogP contribution is -1.87. The van der Waals surface area contributed by atoms with E-state index < -0.39 is 11.6 Å². The van der Waals surface area contributed by atoms with Crippen LogP contribution in [0, 0.1) is 11.6 Å². The zero-order valence-electron chi connectivity index (χ0n) is 7.65. The number of benzene rings is 1. The second-order valence-electron chi connectivity index (χ2n) is 2.86. The lowest BCUT2D eigenvalue weighted by atomic mass is 10.3. The van der Waals surface area contributed by atoms with E-state index in [4.69, 9.17) is 4.74 Å². The van der Waals surface area contributed by atoms with Crippen molar-refractivity contribution in [3.05, 3.63) is 53.6 Å². The van der Waals surface area contributed by atoms with Crippen molar-refractivity contribution in [1.29, 1.82) is 0 Å². The molecular weight excluding hydrogens is 217 g/mol. The van der Waals surface area contributed by atoms with E-state index >= 15 is 0 Å². The van der Waals surface area contributed by atoms with Gasteiger partial charge in [0.1, 0.15) is 11.5 Å². The molecule has 76 valence electrons.